The van der Waals surface area contributed by atoms with E-state index in [1.54, 1.807) is 18.5 Å². The minimum atomic E-state index is 0.230. The number of hydrogen-bond acceptors (Lipinski definition) is 4. The van der Waals surface area contributed by atoms with Crippen molar-refractivity contribution in [2.24, 2.45) is 0 Å². The van der Waals surface area contributed by atoms with Gasteiger partial charge in [0.05, 0.1) is 10.4 Å². The van der Waals surface area contributed by atoms with Crippen molar-refractivity contribution in [2.45, 2.75) is 18.9 Å². The number of aromatic nitrogens is 2. The smallest absolute Gasteiger partial charge is 0.150 e. The molecule has 1 fully saturated rings. The first kappa shape index (κ1) is 14.7. The van der Waals surface area contributed by atoms with Crippen LogP contribution in [-0.4, -0.2) is 39.9 Å². The maximum Gasteiger partial charge on any atom is 0.150 e. The van der Waals surface area contributed by atoms with Gasteiger partial charge >= 0.3 is 0 Å². The Morgan fingerprint density at radius 1 is 1.64 bits per heavy atom. The lowest BCUT2D eigenvalue weighted by molar-refractivity contribution is 0.278. The summed E-state index contributed by atoms with van der Waals surface area (Å²) in [5.41, 5.74) is 2.24. The number of anilines is 1. The van der Waals surface area contributed by atoms with E-state index in [0.29, 0.717) is 10.7 Å². The number of pyridine rings is 1. The number of nitrogens with one attached hydrogen (secondary N) is 2. The van der Waals surface area contributed by atoms with Crippen LogP contribution in [0.4, 0.5) is 5.69 Å². The second-order valence-corrected chi connectivity index (χ2v) is 5.75. The molecule has 1 aliphatic rings. The molecule has 22 heavy (non-hydrogen) atoms. The molecule has 0 bridgehead atoms. The normalized spacial score (nSPS) is 18.0. The zero-order valence-electron chi connectivity index (χ0n) is 12.1. The molecule has 0 radical (unpaired) electrons. The van der Waals surface area contributed by atoms with Crippen LogP contribution in [-0.2, 0) is 4.79 Å². The summed E-state index contributed by atoms with van der Waals surface area (Å²) in [7, 11) is 0. The van der Waals surface area contributed by atoms with E-state index in [1.165, 1.54) is 0 Å². The number of rotatable bonds is 4. The van der Waals surface area contributed by atoms with E-state index in [0.717, 1.165) is 42.7 Å². The fraction of sp³-hybridized carbons (Fsp3) is 0.312. The highest BCUT2D eigenvalue weighted by atomic mass is 35.5. The van der Waals surface area contributed by atoms with Crippen LogP contribution < -0.4 is 5.32 Å². The highest BCUT2D eigenvalue weighted by Crippen LogP contribution is 2.30. The van der Waals surface area contributed by atoms with Crippen LogP contribution in [0.3, 0.4) is 0 Å². The molecule has 1 atom stereocenters. The van der Waals surface area contributed by atoms with Gasteiger partial charge in [0, 0.05) is 37.2 Å². The Bertz CT molecular complexity index is 748. The Morgan fingerprint density at radius 3 is 3.27 bits per heavy atom. The van der Waals surface area contributed by atoms with Crippen molar-refractivity contribution in [3.8, 4) is 0 Å². The summed E-state index contributed by atoms with van der Waals surface area (Å²) in [5, 5.41) is 5.07. The second kappa shape index (κ2) is 6.26. The molecule has 0 saturated carbocycles. The molecule has 2 N–H and O–H groups in total. The Hall–Kier alpha value is -2.23. The van der Waals surface area contributed by atoms with Gasteiger partial charge in [-0.25, -0.2) is 9.78 Å². The summed E-state index contributed by atoms with van der Waals surface area (Å²) in [5.74, 6) is 1.95. The Labute approximate surface area is 133 Å². The van der Waals surface area contributed by atoms with E-state index in [4.69, 9.17) is 11.6 Å². The van der Waals surface area contributed by atoms with E-state index in [1.807, 2.05) is 16.9 Å². The number of allylic oxidation sites excluding steroid dienone is 1. The number of H-pyrrole nitrogens is 1. The number of hydrogen-bond donors (Lipinski definition) is 2. The average Bonchev–Trinajstić information content (AvgIpc) is 2.92. The molecule has 0 aliphatic carbocycles. The van der Waals surface area contributed by atoms with E-state index >= 15 is 0 Å². The summed E-state index contributed by atoms with van der Waals surface area (Å²) in [6.07, 6.45) is 7.08. The third-order valence-electron chi connectivity index (χ3n) is 3.95. The van der Waals surface area contributed by atoms with Gasteiger partial charge in [0.15, 0.2) is 0 Å². The van der Waals surface area contributed by atoms with Gasteiger partial charge < -0.3 is 15.2 Å². The molecule has 0 spiro atoms. The van der Waals surface area contributed by atoms with Gasteiger partial charge in [0.2, 0.25) is 0 Å². The van der Waals surface area contributed by atoms with Crippen molar-refractivity contribution in [1.29, 1.82) is 0 Å². The molecule has 3 rings (SSSR count). The number of likely N-dealkylation sites (tertiary alicyclic amines) is 1. The van der Waals surface area contributed by atoms with Crippen LogP contribution in [0.5, 0.6) is 0 Å². The number of halogens is 1. The number of fused-ring (bicyclic) bond motifs is 1. The molecular weight excluding hydrogens is 300 g/mol. The van der Waals surface area contributed by atoms with Gasteiger partial charge in [-0.3, -0.25) is 0 Å². The molecule has 0 unspecified atom stereocenters. The minimum absolute atomic E-state index is 0.230. The van der Waals surface area contributed by atoms with Crippen LogP contribution in [0.2, 0.25) is 5.02 Å². The summed E-state index contributed by atoms with van der Waals surface area (Å²) >= 11 is 6.23. The number of nitrogens with zero attached hydrogens (tertiary/aromatic N) is 2. The van der Waals surface area contributed by atoms with E-state index in [9.17, 15) is 4.79 Å². The molecule has 6 heteroatoms. The fourth-order valence-corrected chi connectivity index (χ4v) is 3.15. The Balaban J connectivity index is 1.81. The highest BCUT2D eigenvalue weighted by Gasteiger charge is 2.22. The van der Waals surface area contributed by atoms with Gasteiger partial charge in [-0.2, -0.15) is 0 Å². The van der Waals surface area contributed by atoms with Gasteiger partial charge in [0.1, 0.15) is 17.3 Å². The molecule has 1 aliphatic heterocycles. The van der Waals surface area contributed by atoms with Gasteiger partial charge in [-0.05, 0) is 25.0 Å². The quantitative estimate of drug-likeness (QED) is 0.672. The molecule has 5 nitrogen and oxygen atoms in total. The topological polar surface area (TPSA) is 61.0 Å². The molecule has 0 aromatic carbocycles. The molecular formula is C16H17ClN4O. The molecule has 1 saturated heterocycles. The van der Waals surface area contributed by atoms with Crippen molar-refractivity contribution in [3.05, 3.63) is 41.8 Å². The van der Waals surface area contributed by atoms with Crippen LogP contribution >= 0.6 is 11.6 Å². The first-order chi connectivity index (χ1) is 10.7. The lowest BCUT2D eigenvalue weighted by atomic mass is 10.0. The lowest BCUT2D eigenvalue weighted by Gasteiger charge is -2.34. The Kier molecular flexibility index (Phi) is 4.18. The predicted molar refractivity (Wildman–Crippen MR) is 88.7 cm³/mol. The summed E-state index contributed by atoms with van der Waals surface area (Å²) in [6, 6.07) is 2.15. The predicted octanol–water partition coefficient (Wildman–Crippen LogP) is 2.99. The summed E-state index contributed by atoms with van der Waals surface area (Å²) in [6.45, 7) is 5.26. The number of carbonyl (C=O) groups excluding carboxylic acids is 1. The first-order valence-corrected chi connectivity index (χ1v) is 7.61. The van der Waals surface area contributed by atoms with Gasteiger partial charge in [-0.1, -0.05) is 18.2 Å². The van der Waals surface area contributed by atoms with Crippen LogP contribution in [0, 0.1) is 0 Å². The fourth-order valence-electron chi connectivity index (χ4n) is 2.91. The number of aromatic amines is 1. The van der Waals surface area contributed by atoms with Crippen molar-refractivity contribution in [1.82, 2.24) is 14.9 Å². The van der Waals surface area contributed by atoms with Crippen LogP contribution in [0.15, 0.2) is 36.8 Å². The monoisotopic (exact) mass is 316 g/mol. The van der Waals surface area contributed by atoms with E-state index < -0.39 is 0 Å². The standard InChI is InChI=1S/C16H17ClN4O/c1-2-12(10-22)21-7-3-4-11(9-21)20-14-5-6-18-16-15(14)13(17)8-19-16/h2,5-6,8,11H,1,3-4,7,9H2,(H2,18,19,20)/t11-/m1/s1. The van der Waals surface area contributed by atoms with E-state index in [-0.39, 0.29) is 6.04 Å². The number of piperidine rings is 1. The average molecular weight is 317 g/mol. The third kappa shape index (κ3) is 2.73. The Morgan fingerprint density at radius 2 is 2.50 bits per heavy atom. The maximum absolute atomic E-state index is 11.0. The summed E-state index contributed by atoms with van der Waals surface area (Å²) < 4.78 is 0. The lowest BCUT2D eigenvalue weighted by Crippen LogP contribution is -2.41. The molecule has 114 valence electrons. The SMILES string of the molecule is C=CC(=C=O)N1CCC[C@@H](Nc2ccnc3[nH]cc(Cl)c23)C1. The van der Waals surface area contributed by atoms with E-state index in [2.05, 4.69) is 21.9 Å². The maximum atomic E-state index is 11.0. The third-order valence-corrected chi connectivity index (χ3v) is 4.24. The molecule has 2 aromatic heterocycles. The zero-order chi connectivity index (χ0) is 15.5. The largest absolute Gasteiger partial charge is 0.380 e. The van der Waals surface area contributed by atoms with Crippen molar-refractivity contribution >= 4 is 34.3 Å². The molecule has 0 amide bonds. The summed E-state index contributed by atoms with van der Waals surface area (Å²) in [4.78, 5) is 20.3. The first-order valence-electron chi connectivity index (χ1n) is 7.23. The second-order valence-electron chi connectivity index (χ2n) is 5.34. The van der Waals surface area contributed by atoms with Crippen molar-refractivity contribution < 1.29 is 4.79 Å². The highest BCUT2D eigenvalue weighted by molar-refractivity contribution is 6.36. The minimum Gasteiger partial charge on any atom is -0.380 e. The van der Waals surface area contributed by atoms with Gasteiger partial charge in [0.25, 0.3) is 0 Å². The van der Waals surface area contributed by atoms with Crippen molar-refractivity contribution in [3.63, 3.8) is 0 Å². The van der Waals surface area contributed by atoms with Gasteiger partial charge in [-0.15, -0.1) is 0 Å². The van der Waals surface area contributed by atoms with Crippen molar-refractivity contribution in [2.75, 3.05) is 18.4 Å². The molecule has 2 aromatic rings. The molecule has 3 heterocycles. The van der Waals surface area contributed by atoms with Crippen LogP contribution in [0.25, 0.3) is 11.0 Å². The zero-order valence-corrected chi connectivity index (χ0v) is 12.9. The van der Waals surface area contributed by atoms with Crippen LogP contribution in [0.1, 0.15) is 12.8 Å².